The van der Waals surface area contributed by atoms with Crippen LogP contribution in [0.15, 0.2) is 30.5 Å². The highest BCUT2D eigenvalue weighted by molar-refractivity contribution is 5.92. The maximum Gasteiger partial charge on any atom is 0.273 e. The van der Waals surface area contributed by atoms with E-state index in [1.54, 1.807) is 13.3 Å². The molecule has 7 nitrogen and oxygen atoms in total. The SMILES string of the molecule is COc1ccccc1CNC1CCC(n2cc(C(=O)NC3CC3)nn2)CC1. The van der Waals surface area contributed by atoms with Crippen LogP contribution < -0.4 is 15.4 Å². The molecule has 2 N–H and O–H groups in total. The van der Waals surface area contributed by atoms with Gasteiger partial charge in [0.2, 0.25) is 0 Å². The number of nitrogens with zero attached hydrogens (tertiary/aromatic N) is 3. The maximum absolute atomic E-state index is 12.1. The molecular weight excluding hydrogens is 342 g/mol. The predicted octanol–water partition coefficient (Wildman–Crippen LogP) is 2.45. The van der Waals surface area contributed by atoms with E-state index in [1.165, 1.54) is 5.56 Å². The van der Waals surface area contributed by atoms with E-state index in [9.17, 15) is 4.79 Å². The zero-order chi connectivity index (χ0) is 18.6. The number of hydrogen-bond donors (Lipinski definition) is 2. The van der Waals surface area contributed by atoms with Gasteiger partial charge in [0, 0.05) is 24.2 Å². The molecule has 4 rings (SSSR count). The molecule has 0 unspecified atom stereocenters. The fraction of sp³-hybridized carbons (Fsp3) is 0.550. The Balaban J connectivity index is 1.26. The minimum Gasteiger partial charge on any atom is -0.496 e. The lowest BCUT2D eigenvalue weighted by Gasteiger charge is -2.29. The van der Waals surface area contributed by atoms with E-state index in [2.05, 4.69) is 27.0 Å². The zero-order valence-electron chi connectivity index (χ0n) is 15.7. The summed E-state index contributed by atoms with van der Waals surface area (Å²) in [4.78, 5) is 12.1. The van der Waals surface area contributed by atoms with Gasteiger partial charge in [-0.05, 0) is 44.6 Å². The van der Waals surface area contributed by atoms with Crippen LogP contribution in [0.3, 0.4) is 0 Å². The molecule has 0 atom stereocenters. The summed E-state index contributed by atoms with van der Waals surface area (Å²) in [5.74, 6) is 0.828. The summed E-state index contributed by atoms with van der Waals surface area (Å²) in [6.07, 6.45) is 8.20. The minimum absolute atomic E-state index is 0.101. The maximum atomic E-state index is 12.1. The molecule has 1 aromatic heterocycles. The van der Waals surface area contributed by atoms with Crippen molar-refractivity contribution in [3.05, 3.63) is 41.7 Å². The second-order valence-corrected chi connectivity index (χ2v) is 7.53. The Bertz CT molecular complexity index is 778. The van der Waals surface area contributed by atoms with E-state index in [4.69, 9.17) is 4.74 Å². The highest BCUT2D eigenvalue weighted by atomic mass is 16.5. The lowest BCUT2D eigenvalue weighted by Crippen LogP contribution is -2.33. The molecule has 2 saturated carbocycles. The van der Waals surface area contributed by atoms with Crippen molar-refractivity contribution >= 4 is 5.91 Å². The molecule has 2 aromatic rings. The van der Waals surface area contributed by atoms with Crippen molar-refractivity contribution in [1.82, 2.24) is 25.6 Å². The molecular formula is C20H27N5O2. The number of carbonyl (C=O) groups is 1. The van der Waals surface area contributed by atoms with E-state index >= 15 is 0 Å². The van der Waals surface area contributed by atoms with Crippen molar-refractivity contribution in [2.75, 3.05) is 7.11 Å². The van der Waals surface area contributed by atoms with Crippen LogP contribution in [0.25, 0.3) is 0 Å². The molecule has 7 heteroatoms. The van der Waals surface area contributed by atoms with Crippen LogP contribution in [0.5, 0.6) is 5.75 Å². The highest BCUT2D eigenvalue weighted by Gasteiger charge is 2.27. The first-order valence-corrected chi connectivity index (χ1v) is 9.81. The summed E-state index contributed by atoms with van der Waals surface area (Å²) in [6, 6.07) is 9.28. The van der Waals surface area contributed by atoms with Crippen LogP contribution in [0.4, 0.5) is 0 Å². The number of amides is 1. The van der Waals surface area contributed by atoms with E-state index in [0.717, 1.165) is 50.8 Å². The fourth-order valence-corrected chi connectivity index (χ4v) is 3.69. The number of benzene rings is 1. The van der Waals surface area contributed by atoms with Crippen molar-refractivity contribution in [3.63, 3.8) is 0 Å². The molecule has 1 heterocycles. The number of methoxy groups -OCH3 is 1. The zero-order valence-corrected chi connectivity index (χ0v) is 15.7. The number of ether oxygens (including phenoxy) is 1. The lowest BCUT2D eigenvalue weighted by atomic mass is 9.91. The molecule has 0 saturated heterocycles. The third kappa shape index (κ3) is 4.47. The molecule has 1 aromatic carbocycles. The normalized spacial score (nSPS) is 22.4. The van der Waals surface area contributed by atoms with Crippen LogP contribution in [-0.2, 0) is 6.54 Å². The molecule has 27 heavy (non-hydrogen) atoms. The van der Waals surface area contributed by atoms with Gasteiger partial charge in [-0.25, -0.2) is 4.68 Å². The van der Waals surface area contributed by atoms with Crippen molar-refractivity contribution in [2.24, 2.45) is 0 Å². The molecule has 0 aliphatic heterocycles. The molecule has 2 aliphatic carbocycles. The van der Waals surface area contributed by atoms with Crippen LogP contribution in [0, 0.1) is 0 Å². The Morgan fingerprint density at radius 1 is 1.15 bits per heavy atom. The molecule has 1 amide bonds. The first-order valence-electron chi connectivity index (χ1n) is 9.81. The van der Waals surface area contributed by atoms with Gasteiger partial charge in [0.05, 0.1) is 19.3 Å². The molecule has 0 radical (unpaired) electrons. The third-order valence-electron chi connectivity index (χ3n) is 5.50. The van der Waals surface area contributed by atoms with Gasteiger partial charge >= 0.3 is 0 Å². The summed E-state index contributed by atoms with van der Waals surface area (Å²) in [7, 11) is 1.71. The minimum atomic E-state index is -0.101. The second kappa shape index (κ2) is 8.08. The monoisotopic (exact) mass is 369 g/mol. The summed E-state index contributed by atoms with van der Waals surface area (Å²) in [6.45, 7) is 0.814. The topological polar surface area (TPSA) is 81.1 Å². The Morgan fingerprint density at radius 3 is 2.63 bits per heavy atom. The predicted molar refractivity (Wildman–Crippen MR) is 102 cm³/mol. The number of carbonyl (C=O) groups excluding carboxylic acids is 1. The van der Waals surface area contributed by atoms with Crippen LogP contribution in [0.2, 0.25) is 0 Å². The van der Waals surface area contributed by atoms with Crippen molar-refractivity contribution < 1.29 is 9.53 Å². The van der Waals surface area contributed by atoms with Gasteiger partial charge in [-0.15, -0.1) is 5.10 Å². The van der Waals surface area contributed by atoms with Gasteiger partial charge in [0.25, 0.3) is 5.91 Å². The number of rotatable bonds is 7. The van der Waals surface area contributed by atoms with Crippen LogP contribution >= 0.6 is 0 Å². The van der Waals surface area contributed by atoms with Gasteiger partial charge < -0.3 is 15.4 Å². The van der Waals surface area contributed by atoms with Crippen molar-refractivity contribution in [2.45, 2.75) is 63.2 Å². The van der Waals surface area contributed by atoms with E-state index in [-0.39, 0.29) is 5.91 Å². The molecule has 144 valence electrons. The first kappa shape index (κ1) is 18.0. The average Bonchev–Trinajstić information content (AvgIpc) is 3.38. The quantitative estimate of drug-likeness (QED) is 0.784. The summed E-state index contributed by atoms with van der Waals surface area (Å²) in [5, 5.41) is 14.9. The van der Waals surface area contributed by atoms with Gasteiger partial charge in [-0.3, -0.25) is 4.79 Å². The number of nitrogens with one attached hydrogen (secondary N) is 2. The third-order valence-corrected chi connectivity index (χ3v) is 5.50. The molecule has 2 fully saturated rings. The smallest absolute Gasteiger partial charge is 0.273 e. The highest BCUT2D eigenvalue weighted by Crippen LogP contribution is 2.28. The fourth-order valence-electron chi connectivity index (χ4n) is 3.69. The van der Waals surface area contributed by atoms with Gasteiger partial charge in [0.1, 0.15) is 5.75 Å². The second-order valence-electron chi connectivity index (χ2n) is 7.53. The largest absolute Gasteiger partial charge is 0.496 e. The van der Waals surface area contributed by atoms with E-state index < -0.39 is 0 Å². The number of aromatic nitrogens is 3. The van der Waals surface area contributed by atoms with Gasteiger partial charge in [0.15, 0.2) is 5.69 Å². The molecule has 0 bridgehead atoms. The van der Waals surface area contributed by atoms with E-state index in [0.29, 0.717) is 23.8 Å². The number of hydrogen-bond acceptors (Lipinski definition) is 5. The Kier molecular flexibility index (Phi) is 5.38. The van der Waals surface area contributed by atoms with Crippen molar-refractivity contribution in [1.29, 1.82) is 0 Å². The molecule has 0 spiro atoms. The number of para-hydroxylation sites is 1. The first-order chi connectivity index (χ1) is 13.2. The Labute approximate surface area is 159 Å². The summed E-state index contributed by atoms with van der Waals surface area (Å²) >= 11 is 0. The van der Waals surface area contributed by atoms with E-state index in [1.807, 2.05) is 22.9 Å². The summed E-state index contributed by atoms with van der Waals surface area (Å²) in [5.41, 5.74) is 1.61. The molecule has 2 aliphatic rings. The Morgan fingerprint density at radius 2 is 1.89 bits per heavy atom. The summed E-state index contributed by atoms with van der Waals surface area (Å²) < 4.78 is 7.29. The van der Waals surface area contributed by atoms with Crippen molar-refractivity contribution in [3.8, 4) is 5.75 Å². The van der Waals surface area contributed by atoms with Gasteiger partial charge in [-0.2, -0.15) is 0 Å². The lowest BCUT2D eigenvalue weighted by molar-refractivity contribution is 0.0946. The van der Waals surface area contributed by atoms with Crippen LogP contribution in [0.1, 0.15) is 60.6 Å². The van der Waals surface area contributed by atoms with Crippen LogP contribution in [-0.4, -0.2) is 40.1 Å². The van der Waals surface area contributed by atoms with Gasteiger partial charge in [-0.1, -0.05) is 23.4 Å². The standard InChI is InChI=1S/C20H27N5O2/c1-27-19-5-3-2-4-14(19)12-21-15-8-10-17(11-9-15)25-13-18(23-24-25)20(26)22-16-6-7-16/h2-5,13,15-17,21H,6-12H2,1H3,(H,22,26). The average molecular weight is 369 g/mol. The Hall–Kier alpha value is -2.41.